The van der Waals surface area contributed by atoms with E-state index in [0.29, 0.717) is 12.1 Å². The van der Waals surface area contributed by atoms with E-state index in [1.165, 1.54) is 12.1 Å². The van der Waals surface area contributed by atoms with Gasteiger partial charge in [0.15, 0.2) is 0 Å². The molecule has 0 bridgehead atoms. The quantitative estimate of drug-likeness (QED) is 0.624. The maximum atomic E-state index is 10.2. The molecule has 1 aromatic carbocycles. The molecule has 0 aromatic heterocycles. The van der Waals surface area contributed by atoms with Crippen LogP contribution in [-0.4, -0.2) is 16.2 Å². The third kappa shape index (κ3) is 2.60. The third-order valence-electron chi connectivity index (χ3n) is 1.74. The molecule has 0 heterocycles. The lowest BCUT2D eigenvalue weighted by molar-refractivity contribution is -0.131. The minimum atomic E-state index is -1.05. The average Bonchev–Trinajstić information content (AvgIpc) is 2.15. The van der Waals surface area contributed by atoms with E-state index in [1.807, 2.05) is 0 Å². The van der Waals surface area contributed by atoms with E-state index in [9.17, 15) is 9.90 Å². The summed E-state index contributed by atoms with van der Waals surface area (Å²) < 4.78 is 0. The maximum absolute atomic E-state index is 10.2. The van der Waals surface area contributed by atoms with Crippen molar-refractivity contribution < 1.29 is 15.0 Å². The Balaban J connectivity index is 2.94. The van der Waals surface area contributed by atoms with Crippen molar-refractivity contribution in [2.24, 2.45) is 5.73 Å². The van der Waals surface area contributed by atoms with Gasteiger partial charge in [0.1, 0.15) is 5.75 Å². The first kappa shape index (κ1) is 10.3. The van der Waals surface area contributed by atoms with Crippen molar-refractivity contribution in [1.82, 2.24) is 0 Å². The first-order valence-corrected chi connectivity index (χ1v) is 4.06. The highest BCUT2D eigenvalue weighted by Gasteiger charge is 1.99. The molecular weight excluding hydrogens is 182 g/mol. The molecular formula is C10H11NO3. The fraction of sp³-hybridized carbons (Fsp3) is 0.100. The number of carboxylic acids is 1. The van der Waals surface area contributed by atoms with Crippen LogP contribution in [0.2, 0.25) is 0 Å². The fourth-order valence-electron chi connectivity index (χ4n) is 1.02. The van der Waals surface area contributed by atoms with Gasteiger partial charge >= 0.3 is 5.97 Å². The van der Waals surface area contributed by atoms with E-state index in [4.69, 9.17) is 10.8 Å². The van der Waals surface area contributed by atoms with Gasteiger partial charge < -0.3 is 15.9 Å². The molecule has 0 saturated carbocycles. The summed E-state index contributed by atoms with van der Waals surface area (Å²) in [5, 5.41) is 17.8. The van der Waals surface area contributed by atoms with Crippen LogP contribution in [0.5, 0.6) is 5.75 Å². The zero-order chi connectivity index (χ0) is 10.6. The number of aliphatic carboxylic acids is 1. The topological polar surface area (TPSA) is 83.6 Å². The summed E-state index contributed by atoms with van der Waals surface area (Å²) in [6.45, 7) is 0.344. The summed E-state index contributed by atoms with van der Waals surface area (Å²) in [5.41, 5.74) is 6.63. The maximum Gasteiger partial charge on any atom is 0.328 e. The lowest BCUT2D eigenvalue weighted by Gasteiger charge is -2.01. The van der Waals surface area contributed by atoms with Gasteiger partial charge in [-0.3, -0.25) is 0 Å². The SMILES string of the molecule is NCc1ccc(C=CC(=O)O)c(O)c1. The van der Waals surface area contributed by atoms with Crippen LogP contribution < -0.4 is 5.73 Å². The highest BCUT2D eigenvalue weighted by atomic mass is 16.4. The van der Waals surface area contributed by atoms with E-state index in [-0.39, 0.29) is 5.75 Å². The van der Waals surface area contributed by atoms with Crippen LogP contribution in [0.1, 0.15) is 11.1 Å². The molecule has 0 saturated heterocycles. The summed E-state index contributed by atoms with van der Waals surface area (Å²) in [6, 6.07) is 4.87. The molecule has 0 atom stereocenters. The molecule has 0 aliphatic heterocycles. The smallest absolute Gasteiger partial charge is 0.328 e. The van der Waals surface area contributed by atoms with Crippen LogP contribution in [0, 0.1) is 0 Å². The second-order valence-corrected chi connectivity index (χ2v) is 2.77. The number of hydrogen-bond acceptors (Lipinski definition) is 3. The molecule has 1 aromatic rings. The second kappa shape index (κ2) is 4.43. The summed E-state index contributed by atoms with van der Waals surface area (Å²) in [6.07, 6.45) is 2.30. The summed E-state index contributed by atoms with van der Waals surface area (Å²) in [5.74, 6) is -1.02. The average molecular weight is 193 g/mol. The Hall–Kier alpha value is -1.81. The molecule has 1 rings (SSSR count). The molecule has 0 radical (unpaired) electrons. The standard InChI is InChI=1S/C10H11NO3/c11-6-7-1-2-8(9(12)5-7)3-4-10(13)14/h1-5,12H,6,11H2,(H,13,14). The van der Waals surface area contributed by atoms with Crippen molar-refractivity contribution >= 4 is 12.0 Å². The van der Waals surface area contributed by atoms with E-state index in [2.05, 4.69) is 0 Å². The van der Waals surface area contributed by atoms with Gasteiger partial charge in [0, 0.05) is 18.2 Å². The number of phenolic OH excluding ortho intramolecular Hbond substituents is 1. The normalized spacial score (nSPS) is 10.6. The number of phenols is 1. The van der Waals surface area contributed by atoms with Gasteiger partial charge in [-0.15, -0.1) is 0 Å². The highest BCUT2D eigenvalue weighted by Crippen LogP contribution is 2.19. The minimum Gasteiger partial charge on any atom is -0.507 e. The number of nitrogens with two attached hydrogens (primary N) is 1. The molecule has 74 valence electrons. The predicted octanol–water partition coefficient (Wildman–Crippen LogP) is 0.949. The van der Waals surface area contributed by atoms with E-state index >= 15 is 0 Å². The molecule has 0 spiro atoms. The molecule has 0 aliphatic carbocycles. The van der Waals surface area contributed by atoms with Crippen LogP contribution in [0.4, 0.5) is 0 Å². The Kier molecular flexibility index (Phi) is 3.25. The van der Waals surface area contributed by atoms with Crippen molar-refractivity contribution in [3.8, 4) is 5.75 Å². The van der Waals surface area contributed by atoms with Gasteiger partial charge in [0.05, 0.1) is 0 Å². The van der Waals surface area contributed by atoms with Gasteiger partial charge in [-0.1, -0.05) is 12.1 Å². The first-order chi connectivity index (χ1) is 6.63. The molecule has 4 heteroatoms. The Morgan fingerprint density at radius 3 is 2.71 bits per heavy atom. The van der Waals surface area contributed by atoms with Crippen LogP contribution in [0.25, 0.3) is 6.08 Å². The van der Waals surface area contributed by atoms with Crippen LogP contribution in [-0.2, 0) is 11.3 Å². The molecule has 0 aliphatic rings. The first-order valence-electron chi connectivity index (χ1n) is 4.06. The third-order valence-corrected chi connectivity index (χ3v) is 1.74. The lowest BCUT2D eigenvalue weighted by Crippen LogP contribution is -1.95. The predicted molar refractivity (Wildman–Crippen MR) is 52.7 cm³/mol. The zero-order valence-corrected chi connectivity index (χ0v) is 7.47. The monoisotopic (exact) mass is 193 g/mol. The number of rotatable bonds is 3. The van der Waals surface area contributed by atoms with Gasteiger partial charge in [0.25, 0.3) is 0 Å². The minimum absolute atomic E-state index is 0.0328. The fourth-order valence-corrected chi connectivity index (χ4v) is 1.02. The summed E-state index contributed by atoms with van der Waals surface area (Å²) in [4.78, 5) is 10.2. The van der Waals surface area contributed by atoms with E-state index < -0.39 is 5.97 Å². The Morgan fingerprint density at radius 2 is 2.21 bits per heavy atom. The van der Waals surface area contributed by atoms with Crippen LogP contribution >= 0.6 is 0 Å². The lowest BCUT2D eigenvalue weighted by atomic mass is 10.1. The van der Waals surface area contributed by atoms with E-state index in [0.717, 1.165) is 11.6 Å². The van der Waals surface area contributed by atoms with Crippen molar-refractivity contribution in [2.75, 3.05) is 0 Å². The van der Waals surface area contributed by atoms with Gasteiger partial charge in [0.2, 0.25) is 0 Å². The molecule has 14 heavy (non-hydrogen) atoms. The van der Waals surface area contributed by atoms with Crippen molar-refractivity contribution in [1.29, 1.82) is 0 Å². The number of aromatic hydroxyl groups is 1. The molecule has 0 unspecified atom stereocenters. The van der Waals surface area contributed by atoms with Gasteiger partial charge in [-0.25, -0.2) is 4.79 Å². The molecule has 0 fully saturated rings. The summed E-state index contributed by atoms with van der Waals surface area (Å²) in [7, 11) is 0. The largest absolute Gasteiger partial charge is 0.507 e. The molecule has 4 N–H and O–H groups in total. The van der Waals surface area contributed by atoms with E-state index in [1.54, 1.807) is 12.1 Å². The zero-order valence-electron chi connectivity index (χ0n) is 7.47. The Morgan fingerprint density at radius 1 is 1.50 bits per heavy atom. The molecule has 0 amide bonds. The highest BCUT2D eigenvalue weighted by molar-refractivity contribution is 5.85. The summed E-state index contributed by atoms with van der Waals surface area (Å²) >= 11 is 0. The molecule has 4 nitrogen and oxygen atoms in total. The van der Waals surface area contributed by atoms with Crippen molar-refractivity contribution in [2.45, 2.75) is 6.54 Å². The number of benzene rings is 1. The second-order valence-electron chi connectivity index (χ2n) is 2.77. The van der Waals surface area contributed by atoms with Gasteiger partial charge in [-0.2, -0.15) is 0 Å². The van der Waals surface area contributed by atoms with Crippen LogP contribution in [0.3, 0.4) is 0 Å². The number of hydrogen-bond donors (Lipinski definition) is 3. The number of carbonyl (C=O) groups is 1. The number of carboxylic acid groups (broad SMARTS) is 1. The Bertz CT molecular complexity index is 372. The van der Waals surface area contributed by atoms with Crippen molar-refractivity contribution in [3.63, 3.8) is 0 Å². The Labute approximate surface area is 81.3 Å². The van der Waals surface area contributed by atoms with Crippen LogP contribution in [0.15, 0.2) is 24.3 Å². The van der Waals surface area contributed by atoms with Gasteiger partial charge in [-0.05, 0) is 17.7 Å². The van der Waals surface area contributed by atoms with Crippen molar-refractivity contribution in [3.05, 3.63) is 35.4 Å².